The maximum absolute atomic E-state index is 12.5. The van der Waals surface area contributed by atoms with Crippen LogP contribution >= 0.6 is 23.5 Å². The molecule has 0 aromatic carbocycles. The zero-order chi connectivity index (χ0) is 34.5. The number of thioether (sulfide) groups is 2. The molecule has 22 heteroatoms. The Labute approximate surface area is 248 Å². The van der Waals surface area contributed by atoms with Gasteiger partial charge in [-0.1, -0.05) is 13.2 Å². The van der Waals surface area contributed by atoms with Crippen LogP contribution in [0, 0.1) is 0 Å². The molecule has 0 bridgehead atoms. The zero-order valence-corrected chi connectivity index (χ0v) is 23.4. The molecule has 0 N–H and O–H groups in total. The lowest BCUT2D eigenvalue weighted by Gasteiger charge is -2.26. The summed E-state index contributed by atoms with van der Waals surface area (Å²) >= 11 is 1.23. The van der Waals surface area contributed by atoms with Gasteiger partial charge in [-0.25, -0.2) is 9.59 Å². The van der Waals surface area contributed by atoms with E-state index in [1.165, 1.54) is 0 Å². The molecule has 8 nitrogen and oxygen atoms in total. The summed E-state index contributed by atoms with van der Waals surface area (Å²) < 4.78 is 168. The Morgan fingerprint density at radius 1 is 0.545 bits per heavy atom. The summed E-state index contributed by atoms with van der Waals surface area (Å²) in [4.78, 5) is 46.7. The molecule has 0 aromatic heterocycles. The predicted octanol–water partition coefficient (Wildman–Crippen LogP) is 5.50. The van der Waals surface area contributed by atoms with Gasteiger partial charge < -0.3 is 18.9 Å². The first kappa shape index (κ1) is 41.2. The maximum Gasteiger partial charge on any atom is 0.434 e. The van der Waals surface area contributed by atoms with Gasteiger partial charge in [-0.15, -0.1) is 0 Å². The molecule has 0 spiro atoms. The third kappa shape index (κ3) is 16.3. The summed E-state index contributed by atoms with van der Waals surface area (Å²) in [6.07, 6.45) is -36.1. The molecule has 0 saturated carbocycles. The Hall–Kier alpha value is -2.78. The second kappa shape index (κ2) is 17.6. The minimum atomic E-state index is -5.94. The average molecular weight is 707 g/mol. The first-order valence-corrected chi connectivity index (χ1v) is 13.7. The van der Waals surface area contributed by atoms with Crippen molar-refractivity contribution in [2.24, 2.45) is 0 Å². The summed E-state index contributed by atoms with van der Waals surface area (Å²) in [5.74, 6) is -7.84. The molecule has 0 aromatic rings. The molecule has 0 amide bonds. The normalized spacial score (nSPS) is 14.0. The second-order valence-corrected chi connectivity index (χ2v) is 10.2. The fraction of sp³-hybridized carbons (Fsp3) is 0.636. The van der Waals surface area contributed by atoms with Gasteiger partial charge in [0.1, 0.15) is 12.2 Å². The van der Waals surface area contributed by atoms with Crippen molar-refractivity contribution in [3.63, 3.8) is 0 Å². The van der Waals surface area contributed by atoms with Crippen LogP contribution in [0.4, 0.5) is 52.7 Å². The number of esters is 4. The summed E-state index contributed by atoms with van der Waals surface area (Å²) in [5.41, 5.74) is 0. The molecule has 0 rings (SSSR count). The monoisotopic (exact) mass is 706 g/mol. The number of alkyl halides is 12. The van der Waals surface area contributed by atoms with Crippen molar-refractivity contribution in [3.05, 3.63) is 25.3 Å². The number of carbonyl (C=O) groups excluding carboxylic acids is 4. The van der Waals surface area contributed by atoms with Crippen LogP contribution in [0.5, 0.6) is 0 Å². The Kier molecular flexibility index (Phi) is 16.5. The molecule has 2 unspecified atom stereocenters. The van der Waals surface area contributed by atoms with Crippen LogP contribution in [0.3, 0.4) is 0 Å². The zero-order valence-electron chi connectivity index (χ0n) is 21.7. The molecule has 44 heavy (non-hydrogen) atoms. The van der Waals surface area contributed by atoms with E-state index in [2.05, 4.69) is 22.6 Å². The van der Waals surface area contributed by atoms with Gasteiger partial charge in [0, 0.05) is 35.2 Å². The fourth-order valence-electron chi connectivity index (χ4n) is 2.56. The van der Waals surface area contributed by atoms with Crippen molar-refractivity contribution in [2.45, 2.75) is 62.0 Å². The molecular weight excluding hydrogens is 684 g/mol. The number of rotatable bonds is 17. The van der Waals surface area contributed by atoms with Gasteiger partial charge in [0.15, 0.2) is 0 Å². The number of ether oxygens (including phenoxy) is 4. The van der Waals surface area contributed by atoms with E-state index in [4.69, 9.17) is 9.47 Å². The van der Waals surface area contributed by atoms with Gasteiger partial charge in [0.05, 0.1) is 12.8 Å². The Bertz CT molecular complexity index is 890. The van der Waals surface area contributed by atoms with Crippen LogP contribution in [0.2, 0.25) is 0 Å². The Balaban J connectivity index is 5.34. The topological polar surface area (TPSA) is 105 Å². The number of hydrogen-bond acceptors (Lipinski definition) is 10. The van der Waals surface area contributed by atoms with Crippen molar-refractivity contribution >= 4 is 47.4 Å². The summed E-state index contributed by atoms with van der Waals surface area (Å²) in [5, 5.41) is 0. The van der Waals surface area contributed by atoms with Gasteiger partial charge in [-0.2, -0.15) is 76.2 Å². The minimum absolute atomic E-state index is 0.425. The Morgan fingerprint density at radius 3 is 1.05 bits per heavy atom. The third-order valence-corrected chi connectivity index (χ3v) is 6.55. The summed E-state index contributed by atoms with van der Waals surface area (Å²) in [7, 11) is 0. The highest BCUT2D eigenvalue weighted by atomic mass is 32.2. The molecule has 0 aliphatic carbocycles. The van der Waals surface area contributed by atoms with Gasteiger partial charge in [0.2, 0.25) is 0 Å². The van der Waals surface area contributed by atoms with Crippen LogP contribution < -0.4 is 0 Å². The summed E-state index contributed by atoms with van der Waals surface area (Å²) in [6, 6.07) is 0. The SMILES string of the molecule is C=CC(=O)OC(CSCCC(=O)OC(C(F)(F)F)C(F)(F)F)C(CSCCC(=O)OC(C(F)(F)F)C(F)(F)F)OC(=O)C=C. The van der Waals surface area contributed by atoms with Crippen molar-refractivity contribution in [1.82, 2.24) is 0 Å². The van der Waals surface area contributed by atoms with E-state index < -0.39 is 109 Å². The van der Waals surface area contributed by atoms with Crippen molar-refractivity contribution < 1.29 is 90.8 Å². The highest BCUT2D eigenvalue weighted by Crippen LogP contribution is 2.37. The van der Waals surface area contributed by atoms with E-state index in [1.54, 1.807) is 0 Å². The van der Waals surface area contributed by atoms with E-state index in [-0.39, 0.29) is 0 Å². The van der Waals surface area contributed by atoms with Gasteiger partial charge in [-0.05, 0) is 0 Å². The first-order chi connectivity index (χ1) is 19.9. The smallest absolute Gasteiger partial charge is 0.434 e. The lowest BCUT2D eigenvalue weighted by atomic mass is 10.2. The minimum Gasteiger partial charge on any atom is -0.454 e. The fourth-order valence-corrected chi connectivity index (χ4v) is 4.54. The molecular formula is C22H22F12O8S2. The third-order valence-electron chi connectivity index (χ3n) is 4.44. The second-order valence-electron chi connectivity index (χ2n) is 7.92. The lowest BCUT2D eigenvalue weighted by Crippen LogP contribution is -2.45. The van der Waals surface area contributed by atoms with E-state index >= 15 is 0 Å². The maximum atomic E-state index is 12.5. The molecule has 2 atom stereocenters. The molecule has 0 heterocycles. The molecule has 0 aliphatic rings. The van der Waals surface area contributed by atoms with Crippen LogP contribution in [-0.4, -0.2) is 96.0 Å². The van der Waals surface area contributed by atoms with Crippen molar-refractivity contribution in [1.29, 1.82) is 0 Å². The predicted molar refractivity (Wildman–Crippen MR) is 128 cm³/mol. The molecule has 0 radical (unpaired) electrons. The van der Waals surface area contributed by atoms with E-state index in [9.17, 15) is 71.9 Å². The Morgan fingerprint density at radius 2 is 0.818 bits per heavy atom. The van der Waals surface area contributed by atoms with Crippen molar-refractivity contribution in [3.8, 4) is 0 Å². The van der Waals surface area contributed by atoms with Crippen LogP contribution in [0.1, 0.15) is 12.8 Å². The van der Waals surface area contributed by atoms with Gasteiger partial charge >= 0.3 is 48.6 Å². The quantitative estimate of drug-likeness (QED) is 0.0634. The molecule has 254 valence electrons. The van der Waals surface area contributed by atoms with Crippen LogP contribution in [-0.2, 0) is 38.1 Å². The number of carbonyl (C=O) groups is 4. The average Bonchev–Trinajstić information content (AvgIpc) is 2.86. The lowest BCUT2D eigenvalue weighted by molar-refractivity contribution is -0.313. The molecule has 0 aliphatic heterocycles. The van der Waals surface area contributed by atoms with E-state index in [0.717, 1.165) is 0 Å². The number of halogens is 12. The van der Waals surface area contributed by atoms with E-state index in [1.807, 2.05) is 0 Å². The molecule has 0 saturated heterocycles. The number of hydrogen-bond donors (Lipinski definition) is 0. The standard InChI is InChI=1S/C22H22F12O8S2/c1-3-13(35)39-11(9-43-7-5-15(37)41-17(19(23,24)25)20(26,27)28)12(40-14(36)4-2)10-44-8-6-16(38)42-18(21(29,30)31)22(32,33)34/h3-4,11-12,17-18H,1-2,5-10H2. The summed E-state index contributed by atoms with van der Waals surface area (Å²) in [6.45, 7) is 6.25. The highest BCUT2D eigenvalue weighted by molar-refractivity contribution is 7.99. The van der Waals surface area contributed by atoms with Gasteiger partial charge in [-0.3, -0.25) is 9.59 Å². The molecule has 0 fully saturated rings. The van der Waals surface area contributed by atoms with Gasteiger partial charge in [0.25, 0.3) is 12.2 Å². The highest BCUT2D eigenvalue weighted by Gasteiger charge is 2.60. The van der Waals surface area contributed by atoms with Crippen LogP contribution in [0.25, 0.3) is 0 Å². The van der Waals surface area contributed by atoms with Crippen LogP contribution in [0.15, 0.2) is 25.3 Å². The van der Waals surface area contributed by atoms with E-state index in [0.29, 0.717) is 35.7 Å². The van der Waals surface area contributed by atoms with Crippen molar-refractivity contribution in [2.75, 3.05) is 23.0 Å². The largest absolute Gasteiger partial charge is 0.454 e. The first-order valence-electron chi connectivity index (χ1n) is 11.4.